The average molecular weight is 485 g/mol. The van der Waals surface area contributed by atoms with Crippen LogP contribution in [0.25, 0.3) is 0 Å². The number of hydrogen-bond acceptors (Lipinski definition) is 7. The second-order valence-electron chi connectivity index (χ2n) is 9.45. The summed E-state index contributed by atoms with van der Waals surface area (Å²) in [5.74, 6) is -0.932. The van der Waals surface area contributed by atoms with Crippen LogP contribution in [0.3, 0.4) is 0 Å². The van der Waals surface area contributed by atoms with Crippen LogP contribution in [0, 0.1) is 11.8 Å². The van der Waals surface area contributed by atoms with Gasteiger partial charge in [-0.1, -0.05) is 50.6 Å². The van der Waals surface area contributed by atoms with Gasteiger partial charge in [-0.25, -0.2) is 9.78 Å². The van der Waals surface area contributed by atoms with Crippen molar-refractivity contribution in [2.24, 2.45) is 11.8 Å². The predicted octanol–water partition coefficient (Wildman–Crippen LogP) is 3.91. The first-order valence-electron chi connectivity index (χ1n) is 12.2. The third-order valence-electron chi connectivity index (χ3n) is 6.17. The summed E-state index contributed by atoms with van der Waals surface area (Å²) < 4.78 is 17.2. The number of benzene rings is 1. The van der Waals surface area contributed by atoms with E-state index < -0.39 is 24.0 Å². The molecule has 3 rings (SSSR count). The molecule has 1 aromatic carbocycles. The SMILES string of the molecule is COc1ccnc(C(=O)N[C@H]2CCC[C@H](Cc3ccccc3)[C@@H](OCC(C)C)[C@H](C)OC2=O)c1O. The molecule has 0 spiro atoms. The number of carbonyl (C=O) groups excluding carboxylic acids is 2. The van der Waals surface area contributed by atoms with Gasteiger partial charge in [0.15, 0.2) is 17.2 Å². The summed E-state index contributed by atoms with van der Waals surface area (Å²) in [5, 5.41) is 13.0. The Bertz CT molecular complexity index is 981. The molecule has 1 fully saturated rings. The fourth-order valence-electron chi connectivity index (χ4n) is 4.42. The molecule has 1 aromatic heterocycles. The summed E-state index contributed by atoms with van der Waals surface area (Å²) in [6.07, 6.45) is 3.34. The zero-order valence-corrected chi connectivity index (χ0v) is 20.9. The molecule has 0 radical (unpaired) electrons. The zero-order chi connectivity index (χ0) is 25.4. The molecule has 0 bridgehead atoms. The Balaban J connectivity index is 1.77. The minimum Gasteiger partial charge on any atom is -0.503 e. The van der Waals surface area contributed by atoms with Gasteiger partial charge in [0.25, 0.3) is 5.91 Å². The van der Waals surface area contributed by atoms with Crippen LogP contribution in [0.1, 0.15) is 56.1 Å². The lowest BCUT2D eigenvalue weighted by molar-refractivity contribution is -0.161. The highest BCUT2D eigenvalue weighted by Gasteiger charge is 2.35. The number of aromatic hydroxyl groups is 1. The molecule has 35 heavy (non-hydrogen) atoms. The predicted molar refractivity (Wildman–Crippen MR) is 131 cm³/mol. The summed E-state index contributed by atoms with van der Waals surface area (Å²) in [5.41, 5.74) is 1.00. The van der Waals surface area contributed by atoms with Crippen LogP contribution in [-0.2, 0) is 20.7 Å². The molecule has 1 saturated heterocycles. The molecule has 4 atom stereocenters. The summed E-state index contributed by atoms with van der Waals surface area (Å²) in [7, 11) is 1.39. The van der Waals surface area contributed by atoms with Gasteiger partial charge in [-0.15, -0.1) is 0 Å². The number of carbonyl (C=O) groups is 2. The smallest absolute Gasteiger partial charge is 0.329 e. The fraction of sp³-hybridized carbons (Fsp3) is 0.519. The largest absolute Gasteiger partial charge is 0.503 e. The monoisotopic (exact) mass is 484 g/mol. The number of rotatable bonds is 8. The van der Waals surface area contributed by atoms with Crippen molar-refractivity contribution in [1.29, 1.82) is 0 Å². The standard InChI is InChI=1S/C27H36N2O6/c1-17(2)16-34-25-18(3)35-27(32)21(12-8-11-20(25)15-19-9-6-5-7-10-19)29-26(31)23-24(30)22(33-4)13-14-28-23/h5-7,9-10,13-14,17-18,20-21,25,30H,8,11-12,15-16H2,1-4H3,(H,29,31)/t18-,20+,21-,25-/m0/s1. The van der Waals surface area contributed by atoms with Gasteiger partial charge < -0.3 is 24.6 Å². The second kappa shape index (κ2) is 12.5. The number of hydrogen-bond donors (Lipinski definition) is 2. The van der Waals surface area contributed by atoms with Crippen molar-refractivity contribution < 1.29 is 28.9 Å². The van der Waals surface area contributed by atoms with Crippen molar-refractivity contribution in [3.63, 3.8) is 0 Å². The second-order valence-corrected chi connectivity index (χ2v) is 9.45. The first-order chi connectivity index (χ1) is 16.8. The van der Waals surface area contributed by atoms with Crippen LogP contribution in [0.5, 0.6) is 11.5 Å². The van der Waals surface area contributed by atoms with Crippen molar-refractivity contribution in [2.75, 3.05) is 13.7 Å². The molecule has 1 aliphatic rings. The van der Waals surface area contributed by atoms with E-state index in [4.69, 9.17) is 14.2 Å². The molecule has 1 amide bonds. The Labute approximate surface area is 207 Å². The van der Waals surface area contributed by atoms with Gasteiger partial charge in [0.05, 0.1) is 13.2 Å². The van der Waals surface area contributed by atoms with E-state index in [1.54, 1.807) is 0 Å². The summed E-state index contributed by atoms with van der Waals surface area (Å²) in [6, 6.07) is 10.8. The van der Waals surface area contributed by atoms with Crippen molar-refractivity contribution in [1.82, 2.24) is 10.3 Å². The maximum Gasteiger partial charge on any atom is 0.329 e. The first kappa shape index (κ1) is 26.5. The Morgan fingerprint density at radius 3 is 2.66 bits per heavy atom. The summed E-state index contributed by atoms with van der Waals surface area (Å²) in [6.45, 7) is 6.59. The van der Waals surface area contributed by atoms with Crippen molar-refractivity contribution in [3.05, 3.63) is 53.9 Å². The van der Waals surface area contributed by atoms with Gasteiger partial charge in [-0.05, 0) is 43.6 Å². The molecule has 0 saturated carbocycles. The number of ether oxygens (including phenoxy) is 3. The average Bonchev–Trinajstić information content (AvgIpc) is 2.87. The van der Waals surface area contributed by atoms with Crippen LogP contribution in [-0.4, -0.2) is 53.9 Å². The molecule has 2 heterocycles. The van der Waals surface area contributed by atoms with Gasteiger partial charge in [0.1, 0.15) is 12.1 Å². The Morgan fingerprint density at radius 1 is 1.23 bits per heavy atom. The van der Waals surface area contributed by atoms with Crippen LogP contribution >= 0.6 is 0 Å². The van der Waals surface area contributed by atoms with Gasteiger partial charge in [-0.3, -0.25) is 4.79 Å². The number of aromatic nitrogens is 1. The highest BCUT2D eigenvalue weighted by atomic mass is 16.6. The lowest BCUT2D eigenvalue weighted by Gasteiger charge is -2.32. The topological polar surface area (TPSA) is 107 Å². The molecule has 0 aliphatic carbocycles. The molecule has 8 heteroatoms. The number of cyclic esters (lactones) is 1. The third kappa shape index (κ3) is 7.18. The van der Waals surface area contributed by atoms with Crippen molar-refractivity contribution in [3.8, 4) is 11.5 Å². The van der Waals surface area contributed by atoms with E-state index >= 15 is 0 Å². The minimum atomic E-state index is -0.862. The van der Waals surface area contributed by atoms with Crippen molar-refractivity contribution in [2.45, 2.75) is 64.7 Å². The molecular weight excluding hydrogens is 448 g/mol. The fourth-order valence-corrected chi connectivity index (χ4v) is 4.42. The van der Waals surface area contributed by atoms with E-state index in [9.17, 15) is 14.7 Å². The van der Waals surface area contributed by atoms with Gasteiger partial charge in [0, 0.05) is 18.9 Å². The summed E-state index contributed by atoms with van der Waals surface area (Å²) in [4.78, 5) is 29.8. The third-order valence-corrected chi connectivity index (χ3v) is 6.17. The van der Waals surface area contributed by atoms with Crippen LogP contribution in [0.15, 0.2) is 42.6 Å². The molecule has 1 aliphatic heterocycles. The highest BCUT2D eigenvalue weighted by molar-refractivity contribution is 5.97. The molecule has 0 unspecified atom stereocenters. The Kier molecular flexibility index (Phi) is 9.48. The van der Waals surface area contributed by atoms with E-state index in [0.717, 1.165) is 12.8 Å². The van der Waals surface area contributed by atoms with E-state index in [2.05, 4.69) is 36.3 Å². The van der Waals surface area contributed by atoms with Gasteiger partial charge in [0.2, 0.25) is 0 Å². The number of nitrogens with one attached hydrogen (secondary N) is 1. The lowest BCUT2D eigenvalue weighted by atomic mass is 9.86. The highest BCUT2D eigenvalue weighted by Crippen LogP contribution is 2.29. The van der Waals surface area contributed by atoms with E-state index in [-0.39, 0.29) is 29.2 Å². The summed E-state index contributed by atoms with van der Waals surface area (Å²) >= 11 is 0. The van der Waals surface area contributed by atoms with Gasteiger partial charge in [-0.2, -0.15) is 0 Å². The maximum atomic E-state index is 13.1. The Morgan fingerprint density at radius 2 is 1.97 bits per heavy atom. The minimum absolute atomic E-state index is 0.129. The first-order valence-corrected chi connectivity index (χ1v) is 12.2. The van der Waals surface area contributed by atoms with Crippen LogP contribution in [0.4, 0.5) is 0 Å². The van der Waals surface area contributed by atoms with Gasteiger partial charge >= 0.3 is 5.97 Å². The Hall–Kier alpha value is -3.13. The van der Waals surface area contributed by atoms with E-state index in [1.807, 2.05) is 25.1 Å². The number of pyridine rings is 1. The number of esters is 1. The normalized spacial score (nSPS) is 23.1. The molecule has 190 valence electrons. The number of nitrogens with zero attached hydrogens (tertiary/aromatic N) is 1. The molecule has 2 aromatic rings. The van der Waals surface area contributed by atoms with Crippen LogP contribution < -0.4 is 10.1 Å². The maximum absolute atomic E-state index is 13.1. The molecule has 2 N–H and O–H groups in total. The lowest BCUT2D eigenvalue weighted by Crippen LogP contribution is -2.44. The molecule has 8 nitrogen and oxygen atoms in total. The van der Waals surface area contributed by atoms with Crippen LogP contribution in [0.2, 0.25) is 0 Å². The molecular formula is C27H36N2O6. The quantitative estimate of drug-likeness (QED) is 0.547. The van der Waals surface area contributed by atoms with E-state index in [0.29, 0.717) is 25.4 Å². The number of amides is 1. The number of methoxy groups -OCH3 is 1. The zero-order valence-electron chi connectivity index (χ0n) is 20.9. The van der Waals surface area contributed by atoms with E-state index in [1.165, 1.54) is 24.9 Å². The van der Waals surface area contributed by atoms with Crippen molar-refractivity contribution >= 4 is 11.9 Å².